The van der Waals surface area contributed by atoms with E-state index in [0.717, 1.165) is 16.9 Å². The first-order valence-electron chi connectivity index (χ1n) is 4.97. The van der Waals surface area contributed by atoms with Gasteiger partial charge in [-0.1, -0.05) is 12.1 Å². The lowest BCUT2D eigenvalue weighted by Gasteiger charge is -2.04. The summed E-state index contributed by atoms with van der Waals surface area (Å²) in [5.41, 5.74) is 6.32. The Morgan fingerprint density at radius 1 is 1.33 bits per heavy atom. The van der Waals surface area contributed by atoms with Crippen LogP contribution in [0.3, 0.4) is 0 Å². The Balaban J connectivity index is 2.34. The predicted molar refractivity (Wildman–Crippen MR) is 64.1 cm³/mol. The van der Waals surface area contributed by atoms with Crippen LogP contribution in [-0.2, 0) is 11.2 Å². The van der Waals surface area contributed by atoms with Crippen LogP contribution in [0.15, 0.2) is 29.2 Å². The Morgan fingerprint density at radius 3 is 2.60 bits per heavy atom. The van der Waals surface area contributed by atoms with Gasteiger partial charge in [0.25, 0.3) is 0 Å². The first-order chi connectivity index (χ1) is 7.22. The van der Waals surface area contributed by atoms with Gasteiger partial charge in [-0.25, -0.2) is 0 Å². The largest absolute Gasteiger partial charge is 0.356 e. The molecule has 0 saturated heterocycles. The third-order valence-electron chi connectivity index (χ3n) is 2.00. The van der Waals surface area contributed by atoms with Crippen LogP contribution in [0.1, 0.15) is 12.0 Å². The molecule has 1 aromatic rings. The van der Waals surface area contributed by atoms with Gasteiger partial charge < -0.3 is 11.1 Å². The zero-order valence-electron chi connectivity index (χ0n) is 8.57. The molecule has 3 N–H and O–H groups in total. The van der Waals surface area contributed by atoms with Crippen molar-refractivity contribution in [1.29, 1.82) is 0 Å². The summed E-state index contributed by atoms with van der Waals surface area (Å²) in [7, 11) is 0. The number of hydrogen-bond acceptors (Lipinski definition) is 3. The first-order valence-corrected chi connectivity index (χ1v) is 5.42. The van der Waals surface area contributed by atoms with Gasteiger partial charge in [-0.3, -0.25) is 4.79 Å². The quantitative estimate of drug-likeness (QED) is 0.516. The van der Waals surface area contributed by atoms with E-state index in [1.807, 2.05) is 24.3 Å². The van der Waals surface area contributed by atoms with Gasteiger partial charge in [-0.05, 0) is 30.7 Å². The molecule has 0 radical (unpaired) electrons. The van der Waals surface area contributed by atoms with Crippen LogP contribution in [0, 0.1) is 0 Å². The lowest BCUT2D eigenvalue weighted by Crippen LogP contribution is -2.27. The number of rotatable bonds is 5. The molecular formula is C11H16N2OS. The maximum Gasteiger partial charge on any atom is 0.224 e. The Kier molecular flexibility index (Phi) is 5.21. The minimum absolute atomic E-state index is 0.0374. The molecule has 4 heteroatoms. The topological polar surface area (TPSA) is 55.1 Å². The van der Waals surface area contributed by atoms with Crippen molar-refractivity contribution in [1.82, 2.24) is 5.32 Å². The summed E-state index contributed by atoms with van der Waals surface area (Å²) in [6.07, 6.45) is 1.24. The van der Waals surface area contributed by atoms with Gasteiger partial charge in [0.2, 0.25) is 5.91 Å². The van der Waals surface area contributed by atoms with Crippen molar-refractivity contribution >= 4 is 18.5 Å². The zero-order chi connectivity index (χ0) is 11.1. The minimum atomic E-state index is 0.0374. The van der Waals surface area contributed by atoms with E-state index in [4.69, 9.17) is 5.73 Å². The number of thiol groups is 1. The summed E-state index contributed by atoms with van der Waals surface area (Å²) >= 11 is 4.18. The van der Waals surface area contributed by atoms with Gasteiger partial charge in [0.15, 0.2) is 0 Å². The first kappa shape index (κ1) is 12.1. The third-order valence-corrected chi connectivity index (χ3v) is 2.30. The second-order valence-electron chi connectivity index (χ2n) is 3.34. The Morgan fingerprint density at radius 2 is 2.00 bits per heavy atom. The molecule has 0 saturated carbocycles. The minimum Gasteiger partial charge on any atom is -0.356 e. The van der Waals surface area contributed by atoms with Crippen LogP contribution >= 0.6 is 12.6 Å². The maximum absolute atomic E-state index is 11.4. The molecule has 0 unspecified atom stereocenters. The van der Waals surface area contributed by atoms with E-state index in [1.54, 1.807) is 0 Å². The highest BCUT2D eigenvalue weighted by Crippen LogP contribution is 2.07. The number of carbonyl (C=O) groups is 1. The van der Waals surface area contributed by atoms with E-state index < -0.39 is 0 Å². The van der Waals surface area contributed by atoms with Crippen molar-refractivity contribution in [3.8, 4) is 0 Å². The lowest BCUT2D eigenvalue weighted by molar-refractivity contribution is -0.120. The van der Waals surface area contributed by atoms with E-state index in [-0.39, 0.29) is 5.91 Å². The number of hydrogen-bond donors (Lipinski definition) is 3. The summed E-state index contributed by atoms with van der Waals surface area (Å²) in [4.78, 5) is 12.3. The number of nitrogens with one attached hydrogen (secondary N) is 1. The monoisotopic (exact) mass is 224 g/mol. The highest BCUT2D eigenvalue weighted by molar-refractivity contribution is 7.80. The van der Waals surface area contributed by atoms with Crippen molar-refractivity contribution in [2.75, 3.05) is 13.1 Å². The van der Waals surface area contributed by atoms with Crippen molar-refractivity contribution in [2.45, 2.75) is 17.7 Å². The molecule has 82 valence electrons. The second-order valence-corrected chi connectivity index (χ2v) is 3.85. The highest BCUT2D eigenvalue weighted by atomic mass is 32.1. The zero-order valence-corrected chi connectivity index (χ0v) is 9.47. The summed E-state index contributed by atoms with van der Waals surface area (Å²) in [5.74, 6) is 0.0374. The third kappa shape index (κ3) is 4.85. The van der Waals surface area contributed by atoms with E-state index in [9.17, 15) is 4.79 Å². The van der Waals surface area contributed by atoms with Crippen molar-refractivity contribution < 1.29 is 4.79 Å². The number of amides is 1. The molecule has 1 aromatic carbocycles. The molecule has 0 fully saturated rings. The summed E-state index contributed by atoms with van der Waals surface area (Å²) < 4.78 is 0. The second kappa shape index (κ2) is 6.48. The van der Waals surface area contributed by atoms with Crippen LogP contribution < -0.4 is 11.1 Å². The average Bonchev–Trinajstić information content (AvgIpc) is 2.22. The maximum atomic E-state index is 11.4. The van der Waals surface area contributed by atoms with E-state index in [2.05, 4.69) is 17.9 Å². The highest BCUT2D eigenvalue weighted by Gasteiger charge is 2.01. The predicted octanol–water partition coefficient (Wildman–Crippen LogP) is 0.983. The molecule has 1 rings (SSSR count). The SMILES string of the molecule is NCCCNC(=O)Cc1ccc(S)cc1. The molecule has 15 heavy (non-hydrogen) atoms. The summed E-state index contributed by atoms with van der Waals surface area (Å²) in [6.45, 7) is 1.26. The molecule has 0 aliphatic rings. The van der Waals surface area contributed by atoms with Gasteiger partial charge in [-0.15, -0.1) is 12.6 Å². The van der Waals surface area contributed by atoms with E-state index in [0.29, 0.717) is 19.5 Å². The van der Waals surface area contributed by atoms with Gasteiger partial charge in [0.1, 0.15) is 0 Å². The van der Waals surface area contributed by atoms with Crippen molar-refractivity contribution in [3.63, 3.8) is 0 Å². The van der Waals surface area contributed by atoms with Crippen LogP contribution in [0.25, 0.3) is 0 Å². The van der Waals surface area contributed by atoms with E-state index in [1.165, 1.54) is 0 Å². The molecule has 0 atom stereocenters. The molecule has 3 nitrogen and oxygen atoms in total. The van der Waals surface area contributed by atoms with Gasteiger partial charge >= 0.3 is 0 Å². The van der Waals surface area contributed by atoms with Crippen LogP contribution in [0.5, 0.6) is 0 Å². The van der Waals surface area contributed by atoms with Crippen LogP contribution in [0.2, 0.25) is 0 Å². The van der Waals surface area contributed by atoms with Crippen LogP contribution in [-0.4, -0.2) is 19.0 Å². The Labute approximate surface area is 95.5 Å². The molecule has 0 heterocycles. The van der Waals surface area contributed by atoms with Crippen molar-refractivity contribution in [3.05, 3.63) is 29.8 Å². The molecular weight excluding hydrogens is 208 g/mol. The number of benzene rings is 1. The fourth-order valence-electron chi connectivity index (χ4n) is 1.19. The van der Waals surface area contributed by atoms with Gasteiger partial charge in [0, 0.05) is 11.4 Å². The van der Waals surface area contributed by atoms with Gasteiger partial charge in [0.05, 0.1) is 6.42 Å². The summed E-state index contributed by atoms with van der Waals surface area (Å²) in [5, 5.41) is 2.81. The molecule has 1 amide bonds. The Bertz CT molecular complexity index is 311. The standard InChI is InChI=1S/C11H16N2OS/c12-6-1-7-13-11(14)8-9-2-4-10(15)5-3-9/h2-5,15H,1,6-8,12H2,(H,13,14). The number of nitrogens with two attached hydrogens (primary N) is 1. The van der Waals surface area contributed by atoms with E-state index >= 15 is 0 Å². The lowest BCUT2D eigenvalue weighted by atomic mass is 10.1. The Hall–Kier alpha value is -1.00. The fraction of sp³-hybridized carbons (Fsp3) is 0.364. The normalized spacial score (nSPS) is 10.0. The number of carbonyl (C=O) groups excluding carboxylic acids is 1. The van der Waals surface area contributed by atoms with Gasteiger partial charge in [-0.2, -0.15) is 0 Å². The molecule has 0 aliphatic heterocycles. The van der Waals surface area contributed by atoms with Crippen LogP contribution in [0.4, 0.5) is 0 Å². The molecule has 0 aromatic heterocycles. The van der Waals surface area contributed by atoms with Crippen molar-refractivity contribution in [2.24, 2.45) is 5.73 Å². The molecule has 0 aliphatic carbocycles. The molecule has 0 bridgehead atoms. The summed E-state index contributed by atoms with van der Waals surface area (Å²) in [6, 6.07) is 7.58. The molecule has 0 spiro atoms. The fourth-order valence-corrected chi connectivity index (χ4v) is 1.34. The average molecular weight is 224 g/mol. The smallest absolute Gasteiger partial charge is 0.224 e.